The molecule has 0 spiro atoms. The highest BCUT2D eigenvalue weighted by Gasteiger charge is 2.43. The van der Waals surface area contributed by atoms with Crippen molar-refractivity contribution in [1.82, 2.24) is 25.5 Å². The Morgan fingerprint density at radius 2 is 1.80 bits per heavy atom. The van der Waals surface area contributed by atoms with Gasteiger partial charge in [0.1, 0.15) is 22.7 Å². The number of tetrazole rings is 1. The zero-order valence-corrected chi connectivity index (χ0v) is 17.1. The van der Waals surface area contributed by atoms with Crippen molar-refractivity contribution in [1.29, 1.82) is 0 Å². The number of para-hydroxylation sites is 3. The van der Waals surface area contributed by atoms with Gasteiger partial charge in [-0.25, -0.2) is 4.79 Å². The number of nitrogens with one attached hydrogen (secondary N) is 1. The average Bonchev–Trinajstić information content (AvgIpc) is 3.26. The Hall–Kier alpha value is -3.42. The molecule has 2 aromatic carbocycles. The minimum absolute atomic E-state index is 0.485. The number of hydrogen-bond donors (Lipinski definition) is 1. The number of methoxy groups -OCH3 is 1. The highest BCUT2D eigenvalue weighted by atomic mass is 16.6. The van der Waals surface area contributed by atoms with Crippen molar-refractivity contribution in [2.45, 2.75) is 38.1 Å². The van der Waals surface area contributed by atoms with Crippen LogP contribution in [-0.4, -0.2) is 33.4 Å². The maximum absolute atomic E-state index is 12.8. The van der Waals surface area contributed by atoms with Crippen LogP contribution >= 0.6 is 0 Å². The maximum Gasteiger partial charge on any atom is 0.413 e. The van der Waals surface area contributed by atoms with Gasteiger partial charge in [-0.1, -0.05) is 37.3 Å². The summed E-state index contributed by atoms with van der Waals surface area (Å²) >= 11 is 0. The molecule has 0 radical (unpaired) electrons. The number of aromatic nitrogens is 4. The number of hydrogen-bond acceptors (Lipinski definition) is 6. The molecule has 1 saturated carbocycles. The summed E-state index contributed by atoms with van der Waals surface area (Å²) in [5.41, 5.74) is -0.0147. The van der Waals surface area contributed by atoms with Crippen LogP contribution in [0.5, 0.6) is 11.5 Å². The van der Waals surface area contributed by atoms with Gasteiger partial charge in [-0.15, -0.1) is 5.10 Å². The summed E-state index contributed by atoms with van der Waals surface area (Å²) in [7, 11) is 1.61. The third-order valence-electron chi connectivity index (χ3n) is 5.63. The van der Waals surface area contributed by atoms with Crippen LogP contribution in [-0.2, 0) is 5.54 Å². The smallest absolute Gasteiger partial charge is 0.413 e. The lowest BCUT2D eigenvalue weighted by molar-refractivity contribution is 0.150. The molecule has 1 amide bonds. The van der Waals surface area contributed by atoms with Gasteiger partial charge >= 0.3 is 6.09 Å². The van der Waals surface area contributed by atoms with Crippen molar-refractivity contribution in [3.8, 4) is 17.2 Å². The van der Waals surface area contributed by atoms with Gasteiger partial charge in [0.15, 0.2) is 5.82 Å². The highest BCUT2D eigenvalue weighted by molar-refractivity contribution is 5.71. The predicted octanol–water partition coefficient (Wildman–Crippen LogP) is 3.86. The molecule has 1 aromatic heterocycles. The van der Waals surface area contributed by atoms with Crippen LogP contribution in [0.4, 0.5) is 4.79 Å². The first-order valence-electron chi connectivity index (χ1n) is 10.1. The summed E-state index contributed by atoms with van der Waals surface area (Å²) in [6, 6.07) is 16.5. The Kier molecular flexibility index (Phi) is 5.65. The molecule has 0 bridgehead atoms. The van der Waals surface area contributed by atoms with Gasteiger partial charge in [0.05, 0.1) is 7.11 Å². The molecule has 4 rings (SSSR count). The van der Waals surface area contributed by atoms with E-state index in [9.17, 15) is 4.79 Å². The lowest BCUT2D eigenvalue weighted by atomic mass is 9.76. The Bertz CT molecular complexity index is 997. The van der Waals surface area contributed by atoms with E-state index in [4.69, 9.17) is 9.47 Å². The fraction of sp³-hybridized carbons (Fsp3) is 0.364. The second kappa shape index (κ2) is 8.52. The van der Waals surface area contributed by atoms with Crippen LogP contribution in [0, 0.1) is 5.92 Å². The fourth-order valence-electron chi connectivity index (χ4n) is 3.93. The SMILES string of the molecule is COc1ccccc1-n1nnnc1C1(NC(=O)Oc2ccccc2)CCC(C)CC1. The normalized spacial score (nSPS) is 21.1. The summed E-state index contributed by atoms with van der Waals surface area (Å²) in [6.07, 6.45) is 2.81. The molecule has 1 fully saturated rings. The zero-order chi connectivity index (χ0) is 21.0. The van der Waals surface area contributed by atoms with Gasteiger partial charge in [0, 0.05) is 0 Å². The number of carbonyl (C=O) groups is 1. The Balaban J connectivity index is 1.68. The lowest BCUT2D eigenvalue weighted by Gasteiger charge is -2.38. The van der Waals surface area contributed by atoms with E-state index in [1.54, 1.807) is 23.9 Å². The highest BCUT2D eigenvalue weighted by Crippen LogP contribution is 2.39. The third kappa shape index (κ3) is 3.98. The molecule has 156 valence electrons. The number of nitrogens with zero attached hydrogens (tertiary/aromatic N) is 4. The second-order valence-corrected chi connectivity index (χ2v) is 7.68. The first-order chi connectivity index (χ1) is 14.6. The van der Waals surface area contributed by atoms with Gasteiger partial charge < -0.3 is 14.8 Å². The second-order valence-electron chi connectivity index (χ2n) is 7.68. The van der Waals surface area contributed by atoms with Crippen LogP contribution in [0.2, 0.25) is 0 Å². The molecule has 0 atom stereocenters. The molecule has 1 N–H and O–H groups in total. The first-order valence-corrected chi connectivity index (χ1v) is 10.1. The van der Waals surface area contributed by atoms with E-state index in [-0.39, 0.29) is 0 Å². The Morgan fingerprint density at radius 3 is 2.53 bits per heavy atom. The minimum atomic E-state index is -0.733. The molecule has 3 aromatic rings. The predicted molar refractivity (Wildman–Crippen MR) is 111 cm³/mol. The average molecular weight is 407 g/mol. The summed E-state index contributed by atoms with van der Waals surface area (Å²) in [5, 5.41) is 15.5. The third-order valence-corrected chi connectivity index (χ3v) is 5.63. The van der Waals surface area contributed by atoms with Gasteiger partial charge in [0.25, 0.3) is 0 Å². The van der Waals surface area contributed by atoms with Crippen molar-refractivity contribution in [3.63, 3.8) is 0 Å². The van der Waals surface area contributed by atoms with Crippen molar-refractivity contribution in [2.24, 2.45) is 5.92 Å². The van der Waals surface area contributed by atoms with Crippen LogP contribution in [0.3, 0.4) is 0 Å². The zero-order valence-electron chi connectivity index (χ0n) is 17.1. The van der Waals surface area contributed by atoms with Gasteiger partial charge in [-0.3, -0.25) is 0 Å². The van der Waals surface area contributed by atoms with E-state index >= 15 is 0 Å². The van der Waals surface area contributed by atoms with Crippen LogP contribution in [0.25, 0.3) is 5.69 Å². The molecule has 0 aliphatic heterocycles. The quantitative estimate of drug-likeness (QED) is 0.690. The van der Waals surface area contributed by atoms with Crippen LogP contribution < -0.4 is 14.8 Å². The van der Waals surface area contributed by atoms with E-state index in [0.717, 1.165) is 18.5 Å². The van der Waals surface area contributed by atoms with Crippen molar-refractivity contribution < 1.29 is 14.3 Å². The summed E-state index contributed by atoms with van der Waals surface area (Å²) in [6.45, 7) is 2.22. The Labute approximate surface area is 175 Å². The molecule has 0 saturated heterocycles. The number of rotatable bonds is 5. The summed E-state index contributed by atoms with van der Waals surface area (Å²) < 4.78 is 12.6. The van der Waals surface area contributed by atoms with E-state index in [1.807, 2.05) is 42.5 Å². The number of carbonyl (C=O) groups excluding carboxylic acids is 1. The maximum atomic E-state index is 12.8. The molecular weight excluding hydrogens is 382 g/mol. The summed E-state index contributed by atoms with van der Waals surface area (Å²) in [5.74, 6) is 2.28. The van der Waals surface area contributed by atoms with Crippen molar-refractivity contribution in [2.75, 3.05) is 7.11 Å². The largest absolute Gasteiger partial charge is 0.494 e. The van der Waals surface area contributed by atoms with Crippen LogP contribution in [0.15, 0.2) is 54.6 Å². The Morgan fingerprint density at radius 1 is 1.10 bits per heavy atom. The number of amides is 1. The van der Waals surface area contributed by atoms with Crippen LogP contribution in [0.1, 0.15) is 38.4 Å². The van der Waals surface area contributed by atoms with E-state index in [2.05, 4.69) is 27.8 Å². The molecular formula is C22H25N5O3. The molecule has 8 nitrogen and oxygen atoms in total. The lowest BCUT2D eigenvalue weighted by Crippen LogP contribution is -2.50. The fourth-order valence-corrected chi connectivity index (χ4v) is 3.93. The van der Waals surface area contributed by atoms with Crippen molar-refractivity contribution in [3.05, 3.63) is 60.4 Å². The topological polar surface area (TPSA) is 91.2 Å². The number of benzene rings is 2. The molecule has 8 heteroatoms. The van der Waals surface area contributed by atoms with E-state index in [1.165, 1.54) is 0 Å². The number of ether oxygens (including phenoxy) is 2. The molecule has 30 heavy (non-hydrogen) atoms. The van der Waals surface area contributed by atoms with Crippen molar-refractivity contribution >= 4 is 6.09 Å². The molecule has 1 heterocycles. The molecule has 1 aliphatic rings. The van der Waals surface area contributed by atoms with E-state index < -0.39 is 11.6 Å². The van der Waals surface area contributed by atoms with E-state index in [0.29, 0.717) is 36.1 Å². The monoisotopic (exact) mass is 407 g/mol. The standard InChI is InChI=1S/C22H25N5O3/c1-16-12-14-22(15-13-16,23-21(28)30-17-8-4-3-5-9-17)20-24-25-26-27(20)18-10-6-7-11-19(18)29-2/h3-11,16H,12-15H2,1-2H3,(H,23,28). The van der Waals surface area contributed by atoms with Gasteiger partial charge in [-0.2, -0.15) is 4.68 Å². The molecule has 0 unspecified atom stereocenters. The van der Waals surface area contributed by atoms with Gasteiger partial charge in [0.2, 0.25) is 0 Å². The molecule has 1 aliphatic carbocycles. The van der Waals surface area contributed by atoms with Gasteiger partial charge in [-0.05, 0) is 66.3 Å². The summed E-state index contributed by atoms with van der Waals surface area (Å²) in [4.78, 5) is 12.8. The first kappa shape index (κ1) is 19.9. The minimum Gasteiger partial charge on any atom is -0.494 e.